The molecule has 4 aromatic rings. The fourth-order valence-corrected chi connectivity index (χ4v) is 6.64. The van der Waals surface area contributed by atoms with Gasteiger partial charge in [0, 0.05) is 30.0 Å². The van der Waals surface area contributed by atoms with E-state index in [4.69, 9.17) is 9.47 Å². The number of halogens is 2. The zero-order valence-corrected chi connectivity index (χ0v) is 28.8. The van der Waals surface area contributed by atoms with E-state index in [1.165, 1.54) is 49.5 Å². The van der Waals surface area contributed by atoms with Gasteiger partial charge in [0.25, 0.3) is 10.0 Å². The molecule has 4 rings (SSSR count). The molecule has 0 aliphatic heterocycles. The number of methoxy groups -OCH3 is 2. The van der Waals surface area contributed by atoms with E-state index in [1.807, 2.05) is 61.5 Å². The molecule has 4 aromatic carbocycles. The maximum absolute atomic E-state index is 14.5. The first-order valence-electron chi connectivity index (χ1n) is 14.9. The van der Waals surface area contributed by atoms with E-state index < -0.39 is 34.3 Å². The molecule has 0 saturated carbocycles. The van der Waals surface area contributed by atoms with Crippen molar-refractivity contribution in [2.24, 2.45) is 0 Å². The van der Waals surface area contributed by atoms with Crippen LogP contribution in [0, 0.1) is 5.82 Å². The van der Waals surface area contributed by atoms with Gasteiger partial charge in [0.2, 0.25) is 11.8 Å². The van der Waals surface area contributed by atoms with Crippen molar-refractivity contribution >= 4 is 43.5 Å². The second-order valence-electron chi connectivity index (χ2n) is 10.6. The molecule has 12 heteroatoms. The van der Waals surface area contributed by atoms with E-state index in [-0.39, 0.29) is 35.2 Å². The van der Waals surface area contributed by atoms with E-state index >= 15 is 0 Å². The van der Waals surface area contributed by atoms with E-state index in [1.54, 1.807) is 0 Å². The Labute approximate surface area is 283 Å². The molecular formula is C35H37BrFN3O6S. The number of benzene rings is 4. The molecule has 2 amide bonds. The van der Waals surface area contributed by atoms with Crippen LogP contribution in [-0.4, -0.2) is 58.5 Å². The first-order valence-corrected chi connectivity index (χ1v) is 17.2. The van der Waals surface area contributed by atoms with Crippen LogP contribution in [0.25, 0.3) is 0 Å². The van der Waals surface area contributed by atoms with Crippen LogP contribution in [0.15, 0.2) is 106 Å². The van der Waals surface area contributed by atoms with Gasteiger partial charge in [0.1, 0.15) is 18.4 Å². The fourth-order valence-electron chi connectivity index (χ4n) is 4.95. The Hall–Kier alpha value is -4.42. The summed E-state index contributed by atoms with van der Waals surface area (Å²) in [6.07, 6.45) is 0.879. The first kappa shape index (κ1) is 35.4. The Morgan fingerprint density at radius 3 is 2.15 bits per heavy atom. The number of carbonyl (C=O) groups excluding carboxylic acids is 2. The quantitative estimate of drug-likeness (QED) is 0.162. The third-order valence-corrected chi connectivity index (χ3v) is 9.72. The van der Waals surface area contributed by atoms with Crippen LogP contribution >= 0.6 is 15.9 Å². The number of carbonyl (C=O) groups is 2. The molecule has 47 heavy (non-hydrogen) atoms. The molecule has 1 N–H and O–H groups in total. The maximum Gasteiger partial charge on any atom is 0.264 e. The number of amides is 2. The van der Waals surface area contributed by atoms with Gasteiger partial charge in [0.15, 0.2) is 11.5 Å². The Kier molecular flexibility index (Phi) is 12.4. The minimum Gasteiger partial charge on any atom is -0.493 e. The standard InChI is InChI=1S/C35H37BrFN3O6S/c1-4-20-38-35(42)31(21-25-8-6-5-7-9-25)39(23-26-10-12-27(36)13-11-26)34(41)24-40(29-16-14-28(37)15-17-29)47(43,44)30-18-19-32(45-2)33(22-30)46-3/h5-19,22,31H,4,20-21,23-24H2,1-3H3,(H,38,42). The molecule has 0 heterocycles. The van der Waals surface area contributed by atoms with Crippen molar-refractivity contribution in [2.75, 3.05) is 31.6 Å². The summed E-state index contributed by atoms with van der Waals surface area (Å²) in [7, 11) is -1.62. The smallest absolute Gasteiger partial charge is 0.264 e. The van der Waals surface area contributed by atoms with Crippen molar-refractivity contribution in [1.29, 1.82) is 0 Å². The number of hydrogen-bond donors (Lipinski definition) is 1. The largest absolute Gasteiger partial charge is 0.493 e. The monoisotopic (exact) mass is 725 g/mol. The van der Waals surface area contributed by atoms with E-state index in [9.17, 15) is 22.4 Å². The molecule has 0 saturated heterocycles. The zero-order valence-electron chi connectivity index (χ0n) is 26.4. The van der Waals surface area contributed by atoms with Gasteiger partial charge in [-0.05, 0) is 66.1 Å². The minimum atomic E-state index is -4.43. The highest BCUT2D eigenvalue weighted by molar-refractivity contribution is 9.10. The molecule has 0 spiro atoms. The normalized spacial score (nSPS) is 11.8. The number of ether oxygens (including phenoxy) is 2. The molecular weight excluding hydrogens is 689 g/mol. The Morgan fingerprint density at radius 1 is 0.872 bits per heavy atom. The predicted octanol–water partition coefficient (Wildman–Crippen LogP) is 5.97. The molecule has 0 aromatic heterocycles. The highest BCUT2D eigenvalue weighted by atomic mass is 79.9. The number of nitrogens with one attached hydrogen (secondary N) is 1. The summed E-state index contributed by atoms with van der Waals surface area (Å²) in [5.41, 5.74) is 1.62. The molecule has 0 aliphatic carbocycles. The molecule has 1 unspecified atom stereocenters. The number of anilines is 1. The maximum atomic E-state index is 14.5. The van der Waals surface area contributed by atoms with Crippen molar-refractivity contribution in [3.8, 4) is 11.5 Å². The Bertz CT molecular complexity index is 1760. The van der Waals surface area contributed by atoms with Crippen molar-refractivity contribution in [3.63, 3.8) is 0 Å². The van der Waals surface area contributed by atoms with Crippen molar-refractivity contribution < 1.29 is 31.9 Å². The molecule has 0 fully saturated rings. The second-order valence-corrected chi connectivity index (χ2v) is 13.4. The highest BCUT2D eigenvalue weighted by Gasteiger charge is 2.35. The van der Waals surface area contributed by atoms with Gasteiger partial charge < -0.3 is 19.7 Å². The minimum absolute atomic E-state index is 0.0246. The third-order valence-electron chi connectivity index (χ3n) is 7.42. The average molecular weight is 727 g/mol. The SMILES string of the molecule is CCCNC(=O)C(Cc1ccccc1)N(Cc1ccc(Br)cc1)C(=O)CN(c1ccc(F)cc1)S(=O)(=O)c1ccc(OC)c(OC)c1. The summed E-state index contributed by atoms with van der Waals surface area (Å²) in [5.74, 6) is -1.08. The van der Waals surface area contributed by atoms with Crippen LogP contribution in [0.2, 0.25) is 0 Å². The molecule has 0 radical (unpaired) electrons. The first-order chi connectivity index (χ1) is 22.6. The van der Waals surface area contributed by atoms with Crippen LogP contribution in [0.3, 0.4) is 0 Å². The third kappa shape index (κ3) is 9.11. The summed E-state index contributed by atoms with van der Waals surface area (Å²) < 4.78 is 54.9. The molecule has 1 atom stereocenters. The Morgan fingerprint density at radius 2 is 1.53 bits per heavy atom. The number of rotatable bonds is 15. The zero-order chi connectivity index (χ0) is 34.0. The molecule has 0 bridgehead atoms. The summed E-state index contributed by atoms with van der Waals surface area (Å²) >= 11 is 3.43. The topological polar surface area (TPSA) is 105 Å². The van der Waals surface area contributed by atoms with Crippen LogP contribution in [0.1, 0.15) is 24.5 Å². The van der Waals surface area contributed by atoms with Crippen LogP contribution in [0.4, 0.5) is 10.1 Å². The van der Waals surface area contributed by atoms with E-state index in [0.717, 1.165) is 32.0 Å². The van der Waals surface area contributed by atoms with Gasteiger partial charge in [-0.1, -0.05) is 65.3 Å². The highest BCUT2D eigenvalue weighted by Crippen LogP contribution is 2.32. The summed E-state index contributed by atoms with van der Waals surface area (Å²) in [6, 6.07) is 24.5. The number of nitrogens with zero attached hydrogens (tertiary/aromatic N) is 2. The van der Waals surface area contributed by atoms with Gasteiger partial charge in [-0.25, -0.2) is 12.8 Å². The average Bonchev–Trinajstić information content (AvgIpc) is 3.08. The fraction of sp³-hybridized carbons (Fsp3) is 0.257. The van der Waals surface area contributed by atoms with Crippen LogP contribution in [0.5, 0.6) is 11.5 Å². The van der Waals surface area contributed by atoms with Crippen LogP contribution in [-0.2, 0) is 32.6 Å². The lowest BCUT2D eigenvalue weighted by molar-refractivity contribution is -0.140. The summed E-state index contributed by atoms with van der Waals surface area (Å²) in [5, 5.41) is 2.91. The number of hydrogen-bond acceptors (Lipinski definition) is 6. The number of sulfonamides is 1. The molecule has 248 valence electrons. The predicted molar refractivity (Wildman–Crippen MR) is 182 cm³/mol. The van der Waals surface area contributed by atoms with E-state index in [0.29, 0.717) is 18.7 Å². The van der Waals surface area contributed by atoms with Gasteiger partial charge in [-0.2, -0.15) is 0 Å². The van der Waals surface area contributed by atoms with Gasteiger partial charge in [0.05, 0.1) is 24.8 Å². The Balaban J connectivity index is 1.81. The lowest BCUT2D eigenvalue weighted by Crippen LogP contribution is -2.53. The van der Waals surface area contributed by atoms with Crippen molar-refractivity contribution in [3.05, 3.63) is 118 Å². The van der Waals surface area contributed by atoms with Crippen molar-refractivity contribution in [1.82, 2.24) is 10.2 Å². The molecule has 0 aliphatic rings. The lowest BCUT2D eigenvalue weighted by atomic mass is 10.0. The van der Waals surface area contributed by atoms with E-state index in [2.05, 4.69) is 21.2 Å². The van der Waals surface area contributed by atoms with Gasteiger partial charge >= 0.3 is 0 Å². The lowest BCUT2D eigenvalue weighted by Gasteiger charge is -2.34. The van der Waals surface area contributed by atoms with Gasteiger partial charge in [-0.15, -0.1) is 0 Å². The summed E-state index contributed by atoms with van der Waals surface area (Å²) in [4.78, 5) is 29.4. The van der Waals surface area contributed by atoms with Gasteiger partial charge in [-0.3, -0.25) is 13.9 Å². The van der Waals surface area contributed by atoms with Crippen LogP contribution < -0.4 is 19.1 Å². The molecule has 9 nitrogen and oxygen atoms in total. The summed E-state index contributed by atoms with van der Waals surface area (Å²) in [6.45, 7) is 1.68. The second kappa shape index (κ2) is 16.4. The van der Waals surface area contributed by atoms with Crippen molar-refractivity contribution in [2.45, 2.75) is 37.2 Å².